The van der Waals surface area contributed by atoms with E-state index in [0.717, 1.165) is 10.1 Å². The molecule has 1 aromatic heterocycles. The molecule has 26 heavy (non-hydrogen) atoms. The van der Waals surface area contributed by atoms with Crippen LogP contribution in [0.1, 0.15) is 38.1 Å². The molecule has 0 aliphatic carbocycles. The van der Waals surface area contributed by atoms with Gasteiger partial charge in [-0.1, -0.05) is 30.0 Å². The van der Waals surface area contributed by atoms with Crippen molar-refractivity contribution in [3.63, 3.8) is 0 Å². The van der Waals surface area contributed by atoms with Gasteiger partial charge in [0, 0.05) is 5.56 Å². The first kappa shape index (κ1) is 20.3. The van der Waals surface area contributed by atoms with Crippen LogP contribution in [0.3, 0.4) is 0 Å². The first-order chi connectivity index (χ1) is 12.6. The fraction of sp³-hybridized carbons (Fsp3) is 0.471. The highest BCUT2D eigenvalue weighted by Gasteiger charge is 2.19. The van der Waals surface area contributed by atoms with E-state index in [-0.39, 0.29) is 5.91 Å². The van der Waals surface area contributed by atoms with Crippen molar-refractivity contribution in [1.29, 1.82) is 0 Å². The van der Waals surface area contributed by atoms with Crippen molar-refractivity contribution in [3.05, 3.63) is 17.7 Å². The standard InChI is InChI=1S/C17H23N3O4S2/c1-5-22-12-9-11(10-13(23-6-2)14(12)24-7-3)15(21)18-16-19-20-17(26-16)25-8-4/h9-10H,5-8H2,1-4H3,(H,18,19,21). The number of hydrogen-bond acceptors (Lipinski definition) is 8. The first-order valence-electron chi connectivity index (χ1n) is 8.46. The number of rotatable bonds is 10. The molecule has 9 heteroatoms. The van der Waals surface area contributed by atoms with Gasteiger partial charge in [0.2, 0.25) is 10.9 Å². The van der Waals surface area contributed by atoms with Gasteiger partial charge in [0.25, 0.3) is 5.91 Å². The van der Waals surface area contributed by atoms with E-state index < -0.39 is 0 Å². The zero-order valence-corrected chi connectivity index (χ0v) is 17.0. The van der Waals surface area contributed by atoms with E-state index in [2.05, 4.69) is 15.5 Å². The SMILES string of the molecule is CCOc1cc(C(=O)Nc2nnc(SCC)s2)cc(OCC)c1OCC. The van der Waals surface area contributed by atoms with Crippen molar-refractivity contribution in [2.45, 2.75) is 32.0 Å². The predicted molar refractivity (Wildman–Crippen MR) is 104 cm³/mol. The van der Waals surface area contributed by atoms with Gasteiger partial charge < -0.3 is 14.2 Å². The predicted octanol–water partition coefficient (Wildman–Crippen LogP) is 4.10. The van der Waals surface area contributed by atoms with Gasteiger partial charge in [-0.3, -0.25) is 10.1 Å². The van der Waals surface area contributed by atoms with Gasteiger partial charge in [0.05, 0.1) is 19.8 Å². The van der Waals surface area contributed by atoms with E-state index in [1.165, 1.54) is 11.3 Å². The summed E-state index contributed by atoms with van der Waals surface area (Å²) in [5.41, 5.74) is 0.403. The lowest BCUT2D eigenvalue weighted by atomic mass is 10.1. The fourth-order valence-electron chi connectivity index (χ4n) is 2.13. The van der Waals surface area contributed by atoms with E-state index >= 15 is 0 Å². The van der Waals surface area contributed by atoms with Crippen molar-refractivity contribution in [2.24, 2.45) is 0 Å². The third-order valence-corrected chi connectivity index (χ3v) is 4.92. The second kappa shape index (κ2) is 10.2. The smallest absolute Gasteiger partial charge is 0.257 e. The second-order valence-electron chi connectivity index (χ2n) is 4.86. The lowest BCUT2D eigenvalue weighted by Gasteiger charge is -2.16. The Morgan fingerprint density at radius 1 is 1.04 bits per heavy atom. The molecule has 0 spiro atoms. The van der Waals surface area contributed by atoms with E-state index in [0.29, 0.717) is 47.8 Å². The summed E-state index contributed by atoms with van der Waals surface area (Å²) in [5, 5.41) is 11.2. The molecule has 0 unspecified atom stereocenters. The minimum absolute atomic E-state index is 0.306. The minimum atomic E-state index is -0.306. The molecule has 0 saturated carbocycles. The van der Waals surface area contributed by atoms with Crippen LogP contribution in [-0.4, -0.2) is 41.7 Å². The summed E-state index contributed by atoms with van der Waals surface area (Å²) >= 11 is 2.92. The van der Waals surface area contributed by atoms with Crippen molar-refractivity contribution < 1.29 is 19.0 Å². The highest BCUT2D eigenvalue weighted by Crippen LogP contribution is 2.39. The summed E-state index contributed by atoms with van der Waals surface area (Å²) in [6, 6.07) is 3.30. The molecule has 2 aromatic rings. The van der Waals surface area contributed by atoms with Gasteiger partial charge in [-0.25, -0.2) is 0 Å². The number of nitrogens with one attached hydrogen (secondary N) is 1. The number of aromatic nitrogens is 2. The Bertz CT molecular complexity index is 710. The third-order valence-electron chi connectivity index (χ3n) is 3.07. The molecule has 0 bridgehead atoms. The topological polar surface area (TPSA) is 82.6 Å². The fourth-order valence-corrected chi connectivity index (χ4v) is 3.78. The summed E-state index contributed by atoms with van der Waals surface area (Å²) in [4.78, 5) is 12.6. The summed E-state index contributed by atoms with van der Waals surface area (Å²) in [6.45, 7) is 9.03. The first-order valence-corrected chi connectivity index (χ1v) is 10.3. The number of hydrogen-bond donors (Lipinski definition) is 1. The Morgan fingerprint density at radius 2 is 1.65 bits per heavy atom. The maximum atomic E-state index is 12.6. The molecule has 1 amide bonds. The molecule has 0 fully saturated rings. The van der Waals surface area contributed by atoms with Crippen molar-refractivity contribution >= 4 is 34.1 Å². The molecule has 1 aromatic carbocycles. The summed E-state index contributed by atoms with van der Waals surface area (Å²) < 4.78 is 17.8. The highest BCUT2D eigenvalue weighted by atomic mass is 32.2. The Balaban J connectivity index is 2.29. The van der Waals surface area contributed by atoms with Gasteiger partial charge in [-0.15, -0.1) is 10.2 Å². The molecule has 0 aliphatic heterocycles. The lowest BCUT2D eigenvalue weighted by Crippen LogP contribution is -2.13. The number of anilines is 1. The molecular weight excluding hydrogens is 374 g/mol. The maximum Gasteiger partial charge on any atom is 0.257 e. The van der Waals surface area contributed by atoms with Crippen molar-refractivity contribution in [3.8, 4) is 17.2 Å². The van der Waals surface area contributed by atoms with E-state index in [1.54, 1.807) is 23.9 Å². The van der Waals surface area contributed by atoms with Gasteiger partial charge in [0.15, 0.2) is 15.8 Å². The van der Waals surface area contributed by atoms with Crippen LogP contribution in [0.15, 0.2) is 16.5 Å². The Kier molecular flexibility index (Phi) is 7.99. The molecule has 0 atom stereocenters. The number of thioether (sulfide) groups is 1. The van der Waals surface area contributed by atoms with Crippen LogP contribution in [0.25, 0.3) is 0 Å². The average molecular weight is 398 g/mol. The maximum absolute atomic E-state index is 12.6. The van der Waals surface area contributed by atoms with Crippen LogP contribution in [0.2, 0.25) is 0 Å². The second-order valence-corrected chi connectivity index (χ2v) is 7.35. The monoisotopic (exact) mass is 397 g/mol. The molecular formula is C17H23N3O4S2. The van der Waals surface area contributed by atoms with Crippen molar-refractivity contribution in [1.82, 2.24) is 10.2 Å². The van der Waals surface area contributed by atoms with Crippen LogP contribution in [0, 0.1) is 0 Å². The molecule has 0 aliphatic rings. The Hall–Kier alpha value is -2.00. The van der Waals surface area contributed by atoms with E-state index in [1.807, 2.05) is 27.7 Å². The average Bonchev–Trinajstić information content (AvgIpc) is 3.05. The Morgan fingerprint density at radius 3 is 2.19 bits per heavy atom. The summed E-state index contributed by atoms with van der Waals surface area (Å²) in [6.07, 6.45) is 0. The third kappa shape index (κ3) is 5.25. The number of amides is 1. The summed E-state index contributed by atoms with van der Waals surface area (Å²) in [5.74, 6) is 2.05. The van der Waals surface area contributed by atoms with E-state index in [4.69, 9.17) is 14.2 Å². The number of carbonyl (C=O) groups is 1. The molecule has 0 radical (unpaired) electrons. The van der Waals surface area contributed by atoms with Crippen molar-refractivity contribution in [2.75, 3.05) is 30.9 Å². The normalized spacial score (nSPS) is 10.5. The lowest BCUT2D eigenvalue weighted by molar-refractivity contribution is 0.102. The van der Waals surface area contributed by atoms with Crippen LogP contribution < -0.4 is 19.5 Å². The molecule has 2 rings (SSSR count). The number of ether oxygens (including phenoxy) is 3. The quantitative estimate of drug-likeness (QED) is 0.477. The van der Waals surface area contributed by atoms with Crippen LogP contribution in [0.4, 0.5) is 5.13 Å². The highest BCUT2D eigenvalue weighted by molar-refractivity contribution is 8.01. The van der Waals surface area contributed by atoms with Gasteiger partial charge >= 0.3 is 0 Å². The zero-order chi connectivity index (χ0) is 18.9. The van der Waals surface area contributed by atoms with Gasteiger partial charge in [-0.05, 0) is 38.7 Å². The molecule has 142 valence electrons. The Labute approximate surface area is 161 Å². The largest absolute Gasteiger partial charge is 0.490 e. The van der Waals surface area contributed by atoms with Crippen LogP contribution in [0.5, 0.6) is 17.2 Å². The van der Waals surface area contributed by atoms with Crippen LogP contribution in [-0.2, 0) is 0 Å². The number of benzene rings is 1. The minimum Gasteiger partial charge on any atom is -0.490 e. The summed E-state index contributed by atoms with van der Waals surface area (Å²) in [7, 11) is 0. The molecule has 1 N–H and O–H groups in total. The molecule has 1 heterocycles. The number of nitrogens with zero attached hydrogens (tertiary/aromatic N) is 2. The van der Waals surface area contributed by atoms with Gasteiger partial charge in [0.1, 0.15) is 0 Å². The number of carbonyl (C=O) groups excluding carboxylic acids is 1. The zero-order valence-electron chi connectivity index (χ0n) is 15.3. The van der Waals surface area contributed by atoms with Gasteiger partial charge in [-0.2, -0.15) is 0 Å². The van der Waals surface area contributed by atoms with E-state index in [9.17, 15) is 4.79 Å². The molecule has 7 nitrogen and oxygen atoms in total. The molecule has 0 saturated heterocycles. The van der Waals surface area contributed by atoms with Crippen LogP contribution >= 0.6 is 23.1 Å².